The maximum Gasteiger partial charge on any atom is 0.324 e. The second-order valence-corrected chi connectivity index (χ2v) is 7.13. The van der Waals surface area contributed by atoms with E-state index in [1.54, 1.807) is 26.2 Å². The van der Waals surface area contributed by atoms with Gasteiger partial charge in [0.25, 0.3) is 0 Å². The van der Waals surface area contributed by atoms with Gasteiger partial charge in [-0.3, -0.25) is 9.59 Å². The first-order chi connectivity index (χ1) is 13.0. The number of carbonyl (C=O) groups excluding carboxylic acids is 2. The molecule has 1 heterocycles. The smallest absolute Gasteiger partial charge is 0.324 e. The van der Waals surface area contributed by atoms with Crippen LogP contribution < -0.4 is 0 Å². The predicted molar refractivity (Wildman–Crippen MR) is 99.7 cm³/mol. The minimum Gasteiger partial charge on any atom is -0.469 e. The highest BCUT2D eigenvalue weighted by atomic mass is 16.6. The normalized spacial score (nSPS) is 20.9. The Kier molecular flexibility index (Phi) is 5.49. The highest BCUT2D eigenvalue weighted by Gasteiger charge is 2.67. The predicted octanol–water partition coefficient (Wildman–Crippen LogP) is 4.06. The highest BCUT2D eigenvalue weighted by molar-refractivity contribution is 6.04. The third-order valence-electron chi connectivity index (χ3n) is 4.67. The summed E-state index contributed by atoms with van der Waals surface area (Å²) in [4.78, 5) is 25.0. The molecule has 1 aromatic heterocycles. The Morgan fingerprint density at radius 2 is 2.00 bits per heavy atom. The topological polar surface area (TPSA) is 65.7 Å². The fourth-order valence-corrected chi connectivity index (χ4v) is 3.11. The summed E-state index contributed by atoms with van der Waals surface area (Å²) >= 11 is 0. The molecule has 2 atom stereocenters. The number of rotatable bonds is 8. The quantitative estimate of drug-likeness (QED) is 0.399. The first-order valence-electron chi connectivity index (χ1n) is 9.06. The second kappa shape index (κ2) is 7.82. The lowest BCUT2D eigenvalue weighted by atomic mass is 10.0. The average Bonchev–Trinajstić information content (AvgIpc) is 3.25. The van der Waals surface area contributed by atoms with Crippen LogP contribution in [0, 0.1) is 11.3 Å². The first kappa shape index (κ1) is 19.0. The average molecular weight is 368 g/mol. The molecule has 1 fully saturated rings. The van der Waals surface area contributed by atoms with E-state index in [0.29, 0.717) is 12.8 Å². The monoisotopic (exact) mass is 368 g/mol. The number of furan rings is 1. The number of hydrogen-bond donors (Lipinski definition) is 0. The molecular formula is C22H24O5. The van der Waals surface area contributed by atoms with Gasteiger partial charge in [-0.05, 0) is 31.9 Å². The Bertz CT molecular complexity index is 820. The standard InChI is InChI=1S/C22H24O5/c1-4-18-12-22(18,21(24)27-15(2)3)20(23)26-14-17-11-19(25-13-17)10-16-8-6-5-7-9-16/h4-9,11,13,15,18H,1,10,12,14H2,2-3H3. The van der Waals surface area contributed by atoms with E-state index < -0.39 is 17.4 Å². The van der Waals surface area contributed by atoms with E-state index in [0.717, 1.165) is 16.9 Å². The number of benzene rings is 1. The van der Waals surface area contributed by atoms with E-state index in [-0.39, 0.29) is 18.6 Å². The Balaban J connectivity index is 1.60. The van der Waals surface area contributed by atoms with Crippen LogP contribution in [0.2, 0.25) is 0 Å². The first-order valence-corrected chi connectivity index (χ1v) is 9.06. The van der Waals surface area contributed by atoms with Gasteiger partial charge in [0, 0.05) is 17.9 Å². The van der Waals surface area contributed by atoms with Gasteiger partial charge in [0.2, 0.25) is 0 Å². The van der Waals surface area contributed by atoms with Crippen molar-refractivity contribution < 1.29 is 23.5 Å². The van der Waals surface area contributed by atoms with E-state index in [1.807, 2.05) is 36.4 Å². The summed E-state index contributed by atoms with van der Waals surface area (Å²) in [6, 6.07) is 11.8. The summed E-state index contributed by atoms with van der Waals surface area (Å²) in [6.45, 7) is 7.25. The van der Waals surface area contributed by atoms with Crippen LogP contribution in [0.25, 0.3) is 0 Å². The summed E-state index contributed by atoms with van der Waals surface area (Å²) in [5.41, 5.74) is 0.637. The molecule has 0 saturated heterocycles. The highest BCUT2D eigenvalue weighted by Crippen LogP contribution is 2.55. The summed E-state index contributed by atoms with van der Waals surface area (Å²) in [5.74, 6) is -0.556. The molecule has 0 N–H and O–H groups in total. The summed E-state index contributed by atoms with van der Waals surface area (Å²) in [5, 5.41) is 0. The molecular weight excluding hydrogens is 344 g/mol. The van der Waals surface area contributed by atoms with Crippen LogP contribution in [-0.4, -0.2) is 18.0 Å². The number of carbonyl (C=O) groups is 2. The number of allylic oxidation sites excluding steroid dienone is 1. The summed E-state index contributed by atoms with van der Waals surface area (Å²) in [6.07, 6.45) is 3.94. The largest absolute Gasteiger partial charge is 0.469 e. The van der Waals surface area contributed by atoms with Gasteiger partial charge in [0.05, 0.1) is 12.4 Å². The molecule has 0 spiro atoms. The lowest BCUT2D eigenvalue weighted by molar-refractivity contribution is -0.168. The zero-order chi connectivity index (χ0) is 19.4. The molecule has 0 bridgehead atoms. The van der Waals surface area contributed by atoms with Crippen LogP contribution in [0.4, 0.5) is 0 Å². The Morgan fingerprint density at radius 1 is 1.26 bits per heavy atom. The van der Waals surface area contributed by atoms with Crippen LogP contribution in [0.15, 0.2) is 59.7 Å². The van der Waals surface area contributed by atoms with Gasteiger partial charge in [-0.1, -0.05) is 36.4 Å². The lowest BCUT2D eigenvalue weighted by Gasteiger charge is -2.16. The van der Waals surface area contributed by atoms with E-state index in [9.17, 15) is 9.59 Å². The minimum atomic E-state index is -1.25. The second-order valence-electron chi connectivity index (χ2n) is 7.13. The third kappa shape index (κ3) is 4.13. The lowest BCUT2D eigenvalue weighted by Crippen LogP contribution is -2.33. The van der Waals surface area contributed by atoms with Crippen molar-refractivity contribution in [2.45, 2.75) is 39.4 Å². The summed E-state index contributed by atoms with van der Waals surface area (Å²) in [7, 11) is 0. The Labute approximate surface area is 159 Å². The van der Waals surface area contributed by atoms with Crippen molar-refractivity contribution in [1.29, 1.82) is 0 Å². The molecule has 5 heteroatoms. The molecule has 2 unspecified atom stereocenters. The number of hydrogen-bond acceptors (Lipinski definition) is 5. The van der Waals surface area contributed by atoms with Gasteiger partial charge in [-0.15, -0.1) is 6.58 Å². The Hall–Kier alpha value is -2.82. The van der Waals surface area contributed by atoms with Crippen LogP contribution in [0.1, 0.15) is 37.2 Å². The maximum atomic E-state index is 12.6. The third-order valence-corrected chi connectivity index (χ3v) is 4.67. The molecule has 1 aromatic carbocycles. The van der Waals surface area contributed by atoms with Crippen LogP contribution >= 0.6 is 0 Å². The van der Waals surface area contributed by atoms with Gasteiger partial charge in [0.1, 0.15) is 12.4 Å². The molecule has 1 aliphatic rings. The maximum absolute atomic E-state index is 12.6. The molecule has 5 nitrogen and oxygen atoms in total. The van der Waals surface area contributed by atoms with Crippen LogP contribution in [-0.2, 0) is 32.1 Å². The van der Waals surface area contributed by atoms with Crippen molar-refractivity contribution in [3.05, 3.63) is 72.2 Å². The molecule has 3 rings (SSSR count). The van der Waals surface area contributed by atoms with E-state index in [1.165, 1.54) is 0 Å². The zero-order valence-electron chi connectivity index (χ0n) is 15.6. The van der Waals surface area contributed by atoms with Crippen molar-refractivity contribution in [1.82, 2.24) is 0 Å². The fraction of sp³-hybridized carbons (Fsp3) is 0.364. The van der Waals surface area contributed by atoms with Crippen molar-refractivity contribution >= 4 is 11.9 Å². The zero-order valence-corrected chi connectivity index (χ0v) is 15.6. The molecule has 1 aliphatic carbocycles. The SMILES string of the molecule is C=CC1CC1(C(=O)OCc1coc(Cc2ccccc2)c1)C(=O)OC(C)C. The van der Waals surface area contributed by atoms with Gasteiger partial charge >= 0.3 is 11.9 Å². The Morgan fingerprint density at radius 3 is 2.63 bits per heavy atom. The van der Waals surface area contributed by atoms with Crippen molar-refractivity contribution in [3.8, 4) is 0 Å². The van der Waals surface area contributed by atoms with Crippen molar-refractivity contribution in [2.75, 3.05) is 0 Å². The molecule has 0 amide bonds. The van der Waals surface area contributed by atoms with Crippen molar-refractivity contribution in [3.63, 3.8) is 0 Å². The molecule has 0 radical (unpaired) electrons. The van der Waals surface area contributed by atoms with E-state index in [2.05, 4.69) is 6.58 Å². The molecule has 1 saturated carbocycles. The van der Waals surface area contributed by atoms with Gasteiger partial charge in [0.15, 0.2) is 5.41 Å². The van der Waals surface area contributed by atoms with E-state index >= 15 is 0 Å². The number of ether oxygens (including phenoxy) is 2. The van der Waals surface area contributed by atoms with Crippen LogP contribution in [0.5, 0.6) is 0 Å². The van der Waals surface area contributed by atoms with Crippen LogP contribution in [0.3, 0.4) is 0 Å². The molecule has 2 aromatic rings. The van der Waals surface area contributed by atoms with Gasteiger partial charge in [-0.2, -0.15) is 0 Å². The van der Waals surface area contributed by atoms with Gasteiger partial charge < -0.3 is 13.9 Å². The van der Waals surface area contributed by atoms with Gasteiger partial charge in [-0.25, -0.2) is 0 Å². The minimum absolute atomic E-state index is 0.0533. The number of esters is 2. The van der Waals surface area contributed by atoms with E-state index in [4.69, 9.17) is 13.9 Å². The summed E-state index contributed by atoms with van der Waals surface area (Å²) < 4.78 is 16.2. The molecule has 27 heavy (non-hydrogen) atoms. The van der Waals surface area contributed by atoms with Crippen molar-refractivity contribution in [2.24, 2.45) is 11.3 Å². The molecule has 0 aliphatic heterocycles. The molecule has 142 valence electrons. The fourth-order valence-electron chi connectivity index (χ4n) is 3.11.